The van der Waals surface area contributed by atoms with Gasteiger partial charge in [-0.05, 0) is 43.0 Å². The second-order valence-corrected chi connectivity index (χ2v) is 8.80. The van der Waals surface area contributed by atoms with Gasteiger partial charge in [-0.15, -0.1) is 34.5 Å². The molecule has 0 fully saturated rings. The van der Waals surface area contributed by atoms with E-state index in [-0.39, 0.29) is 51.0 Å². The molecule has 3 aromatic rings. The molecule has 3 aromatic carbocycles. The third-order valence-electron chi connectivity index (χ3n) is 4.62. The Kier molecular flexibility index (Phi) is 15.6. The van der Waals surface area contributed by atoms with Crippen molar-refractivity contribution < 1.29 is 55.8 Å². The van der Waals surface area contributed by atoms with Crippen LogP contribution >= 0.6 is 0 Å². The molecule has 3 rings (SSSR count). The van der Waals surface area contributed by atoms with Crippen LogP contribution in [0.3, 0.4) is 0 Å². The van der Waals surface area contributed by atoms with Crippen LogP contribution < -0.4 is 24.8 Å². The molecule has 0 saturated carbocycles. The summed E-state index contributed by atoms with van der Waals surface area (Å²) in [5.41, 5.74) is 5.53. The largest absolute Gasteiger partial charge is 3.00 e. The number of aryl methyl sites for hydroxylation is 1. The molecule has 28 heavy (non-hydrogen) atoms. The van der Waals surface area contributed by atoms with E-state index in [1.165, 1.54) is 39.4 Å². The second kappa shape index (κ2) is 14.6. The zero-order valence-corrected chi connectivity index (χ0v) is 22.4. The van der Waals surface area contributed by atoms with E-state index < -0.39 is 9.04 Å². The van der Waals surface area contributed by atoms with E-state index in [1.807, 2.05) is 13.1 Å². The molecule has 0 heterocycles. The average molecular weight is 513 g/mol. The van der Waals surface area contributed by atoms with Crippen LogP contribution in [0.15, 0.2) is 54.6 Å². The van der Waals surface area contributed by atoms with E-state index in [0.29, 0.717) is 5.92 Å². The summed E-state index contributed by atoms with van der Waals surface area (Å²) in [6.07, 6.45) is 2.29. The molecule has 1 atom stereocenters. The monoisotopic (exact) mass is 510 g/mol. The summed E-state index contributed by atoms with van der Waals surface area (Å²) in [5, 5.41) is 2.74. The number of hydrogen-bond donors (Lipinski definition) is 1. The van der Waals surface area contributed by atoms with Crippen molar-refractivity contribution in [2.24, 2.45) is 0 Å². The number of hydrogen-bond acceptors (Lipinski definition) is 1. The van der Waals surface area contributed by atoms with Crippen LogP contribution in [0.5, 0.6) is 0 Å². The van der Waals surface area contributed by atoms with Gasteiger partial charge in [0.1, 0.15) is 0 Å². The summed E-state index contributed by atoms with van der Waals surface area (Å²) in [7, 11) is -0.880. The first-order chi connectivity index (χ1) is 12.0. The third kappa shape index (κ3) is 8.20. The summed E-state index contributed by atoms with van der Waals surface area (Å²) in [6, 6.07) is 20.4. The van der Waals surface area contributed by atoms with Crippen molar-refractivity contribution in [2.45, 2.75) is 52.6 Å². The molecule has 0 saturated heterocycles. The number of benzene rings is 2. The van der Waals surface area contributed by atoms with Crippen molar-refractivity contribution in [3.05, 3.63) is 65.7 Å². The van der Waals surface area contributed by atoms with Gasteiger partial charge in [0.15, 0.2) is 9.04 Å². The Morgan fingerprint density at radius 1 is 1.00 bits per heavy atom. The maximum Gasteiger partial charge on any atom is 3.00 e. The minimum absolute atomic E-state index is 0. The fourth-order valence-electron chi connectivity index (χ4n) is 2.98. The summed E-state index contributed by atoms with van der Waals surface area (Å²) < 4.78 is 0. The smallest absolute Gasteiger partial charge is 1.00 e. The van der Waals surface area contributed by atoms with Gasteiger partial charge in [-0.1, -0.05) is 56.7 Å². The first kappa shape index (κ1) is 29.9. The molecule has 1 N–H and O–H groups in total. The Morgan fingerprint density at radius 2 is 1.57 bits per heavy atom. The van der Waals surface area contributed by atoms with E-state index >= 15 is 0 Å². The Morgan fingerprint density at radius 3 is 2.07 bits per heavy atom. The number of rotatable bonds is 4. The van der Waals surface area contributed by atoms with Crippen LogP contribution in [0.4, 0.5) is 0 Å². The normalized spacial score (nSPS) is 10.8. The van der Waals surface area contributed by atoms with Gasteiger partial charge < -0.3 is 29.6 Å². The molecule has 1 unspecified atom stereocenters. The van der Waals surface area contributed by atoms with Gasteiger partial charge in [0.2, 0.25) is 0 Å². The average Bonchev–Trinajstić information content (AvgIpc) is 3.04. The van der Waals surface area contributed by atoms with Crippen LogP contribution in [0.25, 0.3) is 21.9 Å². The van der Waals surface area contributed by atoms with E-state index in [2.05, 4.69) is 75.4 Å². The summed E-state index contributed by atoms with van der Waals surface area (Å²) in [5.74, 6) is 0.639. The molecule has 0 bridgehead atoms. The zero-order chi connectivity index (χ0) is 18.4. The van der Waals surface area contributed by atoms with Gasteiger partial charge in [-0.25, -0.2) is 0 Å². The second-order valence-electron chi connectivity index (χ2n) is 6.90. The van der Waals surface area contributed by atoms with Crippen molar-refractivity contribution in [3.8, 4) is 11.1 Å². The van der Waals surface area contributed by atoms with Gasteiger partial charge in [0.05, 0.1) is 0 Å². The van der Waals surface area contributed by atoms with Crippen molar-refractivity contribution in [1.82, 2.24) is 0 Å². The van der Waals surface area contributed by atoms with Gasteiger partial charge in [-0.3, -0.25) is 0 Å². The van der Waals surface area contributed by atoms with Crippen LogP contribution in [0.1, 0.15) is 44.2 Å². The van der Waals surface area contributed by atoms with Crippen LogP contribution in [0, 0.1) is 0 Å². The fourth-order valence-corrected chi connectivity index (χ4v) is 2.98. The number of halogens is 2. The van der Waals surface area contributed by atoms with Crippen LogP contribution in [-0.4, -0.2) is 13.8 Å². The van der Waals surface area contributed by atoms with Crippen molar-refractivity contribution in [2.75, 3.05) is 0 Å². The molecular formula is C23H30Cl2OSiZr. The summed E-state index contributed by atoms with van der Waals surface area (Å²) in [6.45, 7) is 10.4. The predicted octanol–water partition coefficient (Wildman–Crippen LogP) is 0.537. The molecule has 0 aliphatic heterocycles. The Labute approximate surface area is 204 Å². The Hall–Kier alpha value is -0.310. The molecule has 0 aromatic heterocycles. The number of fused-ring (bicyclic) bond motifs is 1. The van der Waals surface area contributed by atoms with E-state index in [1.54, 1.807) is 0 Å². The van der Waals surface area contributed by atoms with Crippen molar-refractivity contribution >= 4 is 19.8 Å². The van der Waals surface area contributed by atoms with Crippen molar-refractivity contribution in [1.29, 1.82) is 0 Å². The maximum atomic E-state index is 8.16. The van der Waals surface area contributed by atoms with E-state index in [4.69, 9.17) is 4.80 Å². The molecule has 150 valence electrons. The maximum absolute atomic E-state index is 8.16. The SMILES string of the molecule is CCc1cc2c(-c3ccc(C(C)CC)cc3)cccc2[cH-]1.C[Si](C)O.[Cl-].[Cl-].[Zr+3]. The molecule has 5 heteroatoms. The minimum atomic E-state index is -0.880. The predicted molar refractivity (Wildman–Crippen MR) is 113 cm³/mol. The summed E-state index contributed by atoms with van der Waals surface area (Å²) >= 11 is 0. The standard InChI is InChI=1S/C21H23.C2H7OSi.2ClH.Zr/c1-4-15(3)17-9-11-18(12-10-17)20-8-6-7-19-13-16(5-2)14-21(19)20;1-4(2)3;;;/h6-15H,4-5H2,1-3H3;3H,1-2H3;2*1H;/q-1;;;;+3/p-2. The molecule has 0 spiro atoms. The van der Waals surface area contributed by atoms with E-state index in [0.717, 1.165) is 6.42 Å². The minimum Gasteiger partial charge on any atom is -1.00 e. The molecule has 0 amide bonds. The molecule has 0 aliphatic carbocycles. The van der Waals surface area contributed by atoms with Gasteiger partial charge >= 0.3 is 26.2 Å². The fraction of sp³-hybridized carbons (Fsp3) is 0.348. The molecular weight excluding hydrogens is 482 g/mol. The zero-order valence-electron chi connectivity index (χ0n) is 17.4. The van der Waals surface area contributed by atoms with E-state index in [9.17, 15) is 0 Å². The first-order valence-corrected chi connectivity index (χ1v) is 11.7. The van der Waals surface area contributed by atoms with Gasteiger partial charge in [0.25, 0.3) is 0 Å². The summed E-state index contributed by atoms with van der Waals surface area (Å²) in [4.78, 5) is 8.16. The molecule has 1 nitrogen and oxygen atoms in total. The topological polar surface area (TPSA) is 20.2 Å². The third-order valence-corrected chi connectivity index (χ3v) is 4.62. The molecule has 0 aliphatic rings. The van der Waals surface area contributed by atoms with Gasteiger partial charge in [0, 0.05) is 0 Å². The molecule has 2 radical (unpaired) electrons. The Bertz CT molecular complexity index is 797. The van der Waals surface area contributed by atoms with Crippen LogP contribution in [0.2, 0.25) is 13.1 Å². The first-order valence-electron chi connectivity index (χ1n) is 9.24. The quantitative estimate of drug-likeness (QED) is 0.400. The van der Waals surface area contributed by atoms with Crippen LogP contribution in [-0.2, 0) is 32.6 Å². The van der Waals surface area contributed by atoms with Gasteiger partial charge in [-0.2, -0.15) is 6.07 Å². The Balaban J connectivity index is 0. The van der Waals surface area contributed by atoms with Crippen molar-refractivity contribution in [3.63, 3.8) is 0 Å².